The lowest BCUT2D eigenvalue weighted by molar-refractivity contribution is 0.0346. The Hall–Kier alpha value is -2.49. The molecule has 2 aromatic carbocycles. The lowest BCUT2D eigenvalue weighted by atomic mass is 9.79. The Kier molecular flexibility index (Phi) is 6.59. The molecule has 9 heteroatoms. The smallest absolute Gasteiger partial charge is 0.263 e. The minimum atomic E-state index is -3.77. The molecule has 1 unspecified atom stereocenters. The lowest BCUT2D eigenvalue weighted by Crippen LogP contribution is -2.42. The van der Waals surface area contributed by atoms with Crippen molar-refractivity contribution in [3.05, 3.63) is 66.0 Å². The van der Waals surface area contributed by atoms with Gasteiger partial charge in [-0.15, -0.1) is 0 Å². The molecule has 2 aliphatic heterocycles. The largest absolute Gasteiger partial charge is 0.493 e. The van der Waals surface area contributed by atoms with Crippen LogP contribution in [-0.2, 0) is 10.0 Å². The number of ether oxygens (including phenoxy) is 1. The van der Waals surface area contributed by atoms with Gasteiger partial charge in [-0.2, -0.15) is 4.37 Å². The molecule has 1 saturated heterocycles. The van der Waals surface area contributed by atoms with Gasteiger partial charge in [-0.1, -0.05) is 50.2 Å². The number of likely N-dealkylation sites (tertiary alicyclic amines) is 1. The van der Waals surface area contributed by atoms with Gasteiger partial charge in [0.2, 0.25) is 5.13 Å². The zero-order valence-corrected chi connectivity index (χ0v) is 21.1. The van der Waals surface area contributed by atoms with E-state index in [0.717, 1.165) is 36.5 Å². The first-order chi connectivity index (χ1) is 16.4. The molecular weight excluding hydrogens is 468 g/mol. The fourth-order valence-corrected chi connectivity index (χ4v) is 6.92. The van der Waals surface area contributed by atoms with Gasteiger partial charge in [0.1, 0.15) is 12.1 Å². The van der Waals surface area contributed by atoms with E-state index < -0.39 is 10.0 Å². The van der Waals surface area contributed by atoms with Crippen LogP contribution in [0.15, 0.2) is 59.8 Å². The van der Waals surface area contributed by atoms with Crippen molar-refractivity contribution in [3.8, 4) is 5.75 Å². The molecular formula is C25H30N4O3S2. The van der Waals surface area contributed by atoms with Crippen molar-refractivity contribution < 1.29 is 13.2 Å². The van der Waals surface area contributed by atoms with Gasteiger partial charge < -0.3 is 4.74 Å². The monoisotopic (exact) mass is 498 g/mol. The van der Waals surface area contributed by atoms with Gasteiger partial charge in [0.15, 0.2) is 0 Å². The first-order valence-electron chi connectivity index (χ1n) is 11.8. The highest BCUT2D eigenvalue weighted by Crippen LogP contribution is 2.46. The number of aromatic nitrogens is 2. The highest BCUT2D eigenvalue weighted by molar-refractivity contribution is 7.93. The van der Waals surface area contributed by atoms with E-state index in [1.807, 2.05) is 6.07 Å². The number of hydrogen-bond acceptors (Lipinski definition) is 7. The van der Waals surface area contributed by atoms with Crippen LogP contribution in [0, 0.1) is 11.8 Å². The van der Waals surface area contributed by atoms with Gasteiger partial charge in [-0.05, 0) is 42.9 Å². The molecule has 1 N–H and O–H groups in total. The van der Waals surface area contributed by atoms with E-state index in [-0.39, 0.29) is 16.1 Å². The number of hydrogen-bond donors (Lipinski definition) is 1. The Labute approximate surface area is 205 Å². The van der Waals surface area contributed by atoms with Crippen molar-refractivity contribution in [2.45, 2.75) is 50.1 Å². The summed E-state index contributed by atoms with van der Waals surface area (Å²) in [6.07, 6.45) is 4.52. The Balaban J connectivity index is 1.45. The highest BCUT2D eigenvalue weighted by atomic mass is 32.2. The van der Waals surface area contributed by atoms with Crippen molar-refractivity contribution in [1.29, 1.82) is 0 Å². The molecule has 34 heavy (non-hydrogen) atoms. The summed E-state index contributed by atoms with van der Waals surface area (Å²) in [5.74, 6) is 2.00. The van der Waals surface area contributed by atoms with Crippen LogP contribution < -0.4 is 9.46 Å². The molecule has 1 fully saturated rings. The molecule has 0 bridgehead atoms. The predicted octanol–water partition coefficient (Wildman–Crippen LogP) is 5.27. The minimum absolute atomic E-state index is 0.167. The molecule has 3 heterocycles. The number of piperidine rings is 1. The molecule has 2 aliphatic rings. The third-order valence-corrected chi connectivity index (χ3v) is 9.14. The summed E-state index contributed by atoms with van der Waals surface area (Å²) in [4.78, 5) is 6.70. The Morgan fingerprint density at radius 1 is 1.12 bits per heavy atom. The topological polar surface area (TPSA) is 84.4 Å². The second-order valence-electron chi connectivity index (χ2n) is 9.40. The summed E-state index contributed by atoms with van der Waals surface area (Å²) in [5, 5.41) is 0.246. The van der Waals surface area contributed by atoms with E-state index in [4.69, 9.17) is 4.74 Å². The zero-order valence-electron chi connectivity index (χ0n) is 19.4. The molecule has 0 aliphatic carbocycles. The van der Waals surface area contributed by atoms with Crippen molar-refractivity contribution in [2.24, 2.45) is 11.8 Å². The Morgan fingerprint density at radius 3 is 2.68 bits per heavy atom. The van der Waals surface area contributed by atoms with E-state index >= 15 is 0 Å². The molecule has 0 saturated carbocycles. The van der Waals surface area contributed by atoms with Gasteiger partial charge in [-0.25, -0.2) is 13.4 Å². The maximum atomic E-state index is 12.9. The zero-order chi connectivity index (χ0) is 23.7. The van der Waals surface area contributed by atoms with Gasteiger partial charge in [0.05, 0.1) is 11.5 Å². The summed E-state index contributed by atoms with van der Waals surface area (Å²) >= 11 is 1.00. The molecule has 3 atom stereocenters. The SMILES string of the molecule is CC(C)[C@H]1CCN(C2CCOc3cc(S(=O)(=O)Nc4ncns4)ccc32)[C@@H](c2ccccc2)C1. The van der Waals surface area contributed by atoms with Gasteiger partial charge in [-0.3, -0.25) is 9.62 Å². The Bertz CT molecular complexity index is 1220. The van der Waals surface area contributed by atoms with Crippen molar-refractivity contribution in [3.63, 3.8) is 0 Å². The number of nitrogens with zero attached hydrogens (tertiary/aromatic N) is 3. The minimum Gasteiger partial charge on any atom is -0.493 e. The summed E-state index contributed by atoms with van der Waals surface area (Å²) in [6.45, 7) is 6.23. The first-order valence-corrected chi connectivity index (χ1v) is 14.0. The average Bonchev–Trinajstić information content (AvgIpc) is 3.36. The number of anilines is 1. The van der Waals surface area contributed by atoms with Crippen molar-refractivity contribution in [1.82, 2.24) is 14.3 Å². The van der Waals surface area contributed by atoms with Crippen LogP contribution in [0.5, 0.6) is 5.75 Å². The summed E-state index contributed by atoms with van der Waals surface area (Å²) in [5.41, 5.74) is 2.41. The second kappa shape index (κ2) is 9.64. The molecule has 0 spiro atoms. The Morgan fingerprint density at radius 2 is 1.94 bits per heavy atom. The third-order valence-electron chi connectivity index (χ3n) is 7.10. The average molecular weight is 499 g/mol. The van der Waals surface area contributed by atoms with Crippen molar-refractivity contribution >= 4 is 26.7 Å². The lowest BCUT2D eigenvalue weighted by Gasteiger charge is -2.46. The van der Waals surface area contributed by atoms with Crippen LogP contribution in [0.4, 0.5) is 5.13 Å². The first kappa shape index (κ1) is 23.3. The van der Waals surface area contributed by atoms with E-state index in [1.165, 1.54) is 18.3 Å². The van der Waals surface area contributed by atoms with Crippen LogP contribution >= 0.6 is 11.5 Å². The van der Waals surface area contributed by atoms with E-state index in [2.05, 4.69) is 63.2 Å². The number of sulfonamides is 1. The van der Waals surface area contributed by atoms with Gasteiger partial charge in [0.25, 0.3) is 10.0 Å². The maximum absolute atomic E-state index is 12.9. The van der Waals surface area contributed by atoms with Gasteiger partial charge in [0, 0.05) is 41.7 Å². The number of nitrogens with one attached hydrogen (secondary N) is 1. The highest BCUT2D eigenvalue weighted by Gasteiger charge is 2.38. The molecule has 180 valence electrons. The van der Waals surface area contributed by atoms with Crippen LogP contribution in [0.2, 0.25) is 0 Å². The van der Waals surface area contributed by atoms with E-state index in [9.17, 15) is 8.42 Å². The molecule has 0 radical (unpaired) electrons. The quantitative estimate of drug-likeness (QED) is 0.498. The van der Waals surface area contributed by atoms with Gasteiger partial charge >= 0.3 is 0 Å². The molecule has 3 aromatic rings. The fourth-order valence-electron chi connectivity index (χ4n) is 5.25. The third kappa shape index (κ3) is 4.69. The van der Waals surface area contributed by atoms with Crippen LogP contribution in [0.1, 0.15) is 56.3 Å². The van der Waals surface area contributed by atoms with Crippen LogP contribution in [-0.4, -0.2) is 35.8 Å². The van der Waals surface area contributed by atoms with E-state index in [1.54, 1.807) is 12.1 Å². The summed E-state index contributed by atoms with van der Waals surface area (Å²) in [7, 11) is -3.77. The van der Waals surface area contributed by atoms with Crippen LogP contribution in [0.25, 0.3) is 0 Å². The standard InChI is InChI=1S/C25H30N4O3S2/c1-17(2)19-10-12-29(23(14-19)18-6-4-3-5-7-18)22-11-13-32-24-15-20(8-9-21(22)24)34(30,31)28-25-26-16-27-33-25/h3-9,15-17,19,22-23H,10-14H2,1-2H3,(H,26,27,28)/t19-,22?,23+/m0/s1. The summed E-state index contributed by atoms with van der Waals surface area (Å²) < 4.78 is 38.1. The normalized spacial score (nSPS) is 23.3. The van der Waals surface area contributed by atoms with Crippen LogP contribution in [0.3, 0.4) is 0 Å². The molecule has 7 nitrogen and oxygen atoms in total. The van der Waals surface area contributed by atoms with E-state index in [0.29, 0.717) is 30.2 Å². The molecule has 1 aromatic heterocycles. The number of benzene rings is 2. The second-order valence-corrected chi connectivity index (χ2v) is 11.9. The van der Waals surface area contributed by atoms with Crippen molar-refractivity contribution in [2.75, 3.05) is 17.9 Å². The fraction of sp³-hybridized carbons (Fsp3) is 0.440. The maximum Gasteiger partial charge on any atom is 0.263 e. The summed E-state index contributed by atoms with van der Waals surface area (Å²) in [6, 6.07) is 16.5. The molecule has 5 rings (SSSR count). The predicted molar refractivity (Wildman–Crippen MR) is 133 cm³/mol. The number of rotatable bonds is 6. The molecule has 0 amide bonds. The number of fused-ring (bicyclic) bond motifs is 1.